The van der Waals surface area contributed by atoms with Gasteiger partial charge in [-0.05, 0) is 18.2 Å². The summed E-state index contributed by atoms with van der Waals surface area (Å²) >= 11 is 0. The van der Waals surface area contributed by atoms with Crippen molar-refractivity contribution >= 4 is 0 Å². The van der Waals surface area contributed by atoms with E-state index in [-0.39, 0.29) is 0 Å². The van der Waals surface area contributed by atoms with E-state index in [1.54, 1.807) is 0 Å². The summed E-state index contributed by atoms with van der Waals surface area (Å²) in [4.78, 5) is 0. The largest absolute Gasteiger partial charge is 0.390 e. The van der Waals surface area contributed by atoms with Gasteiger partial charge in [-0.1, -0.05) is 0 Å². The number of hydrogen-bond donors (Lipinski definition) is 1. The zero-order chi connectivity index (χ0) is 10.1. The van der Waals surface area contributed by atoms with Crippen LogP contribution in [-0.4, -0.2) is 11.7 Å². The van der Waals surface area contributed by atoms with Gasteiger partial charge in [0.15, 0.2) is 0 Å². The van der Waals surface area contributed by atoms with E-state index in [4.69, 9.17) is 5.11 Å². The Morgan fingerprint density at radius 3 is 2.38 bits per heavy atom. The van der Waals surface area contributed by atoms with Crippen LogP contribution in [0.15, 0.2) is 18.2 Å². The molecule has 1 aromatic rings. The number of aliphatic hydroxyl groups is 1. The second-order valence-electron chi connectivity index (χ2n) is 2.49. The summed E-state index contributed by atoms with van der Waals surface area (Å²) in [6.45, 7) is -1.55. The maximum absolute atomic E-state index is 12.7. The minimum absolute atomic E-state index is 0.367. The summed E-state index contributed by atoms with van der Waals surface area (Å²) in [5.41, 5.74) is -1.13. The van der Waals surface area contributed by atoms with Gasteiger partial charge in [-0.2, -0.15) is 8.78 Å². The normalized spacial score (nSPS) is 11.8. The van der Waals surface area contributed by atoms with E-state index < -0.39 is 29.7 Å². The molecule has 1 rings (SSSR count). The highest BCUT2D eigenvalue weighted by Crippen LogP contribution is 2.29. The molecular formula is C8H6F4O. The molecule has 1 N–H and O–H groups in total. The Labute approximate surface area is 71.6 Å². The van der Waals surface area contributed by atoms with Crippen LogP contribution in [0.3, 0.4) is 0 Å². The molecule has 0 aromatic heterocycles. The Bertz CT molecular complexity index is 311. The Balaban J connectivity index is 3.20. The second-order valence-corrected chi connectivity index (χ2v) is 2.49. The lowest BCUT2D eigenvalue weighted by Gasteiger charge is -2.13. The van der Waals surface area contributed by atoms with E-state index in [0.717, 1.165) is 6.07 Å². The van der Waals surface area contributed by atoms with Gasteiger partial charge in [0.25, 0.3) is 5.92 Å². The molecule has 0 aliphatic heterocycles. The average molecular weight is 194 g/mol. The standard InChI is InChI=1S/C8H6F4O/c9-5-1-2-7(10)6(3-5)8(11,12)4-13/h1-3,13H,4H2. The lowest BCUT2D eigenvalue weighted by molar-refractivity contribution is -0.0585. The molecule has 0 aliphatic rings. The van der Waals surface area contributed by atoms with E-state index in [1.807, 2.05) is 0 Å². The van der Waals surface area contributed by atoms with Crippen molar-refractivity contribution in [3.05, 3.63) is 35.4 Å². The Morgan fingerprint density at radius 2 is 1.85 bits per heavy atom. The summed E-state index contributed by atoms with van der Waals surface area (Å²) in [7, 11) is 0. The van der Waals surface area contributed by atoms with Gasteiger partial charge < -0.3 is 5.11 Å². The first-order valence-corrected chi connectivity index (χ1v) is 3.41. The Kier molecular flexibility index (Phi) is 2.56. The molecule has 1 nitrogen and oxygen atoms in total. The zero-order valence-corrected chi connectivity index (χ0v) is 6.40. The van der Waals surface area contributed by atoms with Crippen LogP contribution in [0.2, 0.25) is 0 Å². The minimum atomic E-state index is -3.74. The third-order valence-corrected chi connectivity index (χ3v) is 1.52. The first-order chi connectivity index (χ1) is 5.97. The van der Waals surface area contributed by atoms with Gasteiger partial charge >= 0.3 is 0 Å². The quantitative estimate of drug-likeness (QED) is 0.714. The highest BCUT2D eigenvalue weighted by Gasteiger charge is 2.33. The first-order valence-electron chi connectivity index (χ1n) is 3.41. The molecule has 0 radical (unpaired) electrons. The van der Waals surface area contributed by atoms with Gasteiger partial charge in [0.1, 0.15) is 18.2 Å². The maximum Gasteiger partial charge on any atom is 0.298 e. The molecule has 5 heteroatoms. The second kappa shape index (κ2) is 3.33. The van der Waals surface area contributed by atoms with Crippen molar-refractivity contribution in [1.29, 1.82) is 0 Å². The summed E-state index contributed by atoms with van der Waals surface area (Å²) in [6.07, 6.45) is 0. The molecule has 0 unspecified atom stereocenters. The van der Waals surface area contributed by atoms with Crippen molar-refractivity contribution in [3.8, 4) is 0 Å². The highest BCUT2D eigenvalue weighted by atomic mass is 19.3. The van der Waals surface area contributed by atoms with Crippen molar-refractivity contribution in [1.82, 2.24) is 0 Å². The van der Waals surface area contributed by atoms with Crippen LogP contribution in [0.1, 0.15) is 5.56 Å². The first kappa shape index (κ1) is 9.98. The maximum atomic E-state index is 12.7. The van der Waals surface area contributed by atoms with E-state index >= 15 is 0 Å². The fraction of sp³-hybridized carbons (Fsp3) is 0.250. The molecule has 0 atom stereocenters. The molecule has 0 bridgehead atoms. The Hall–Kier alpha value is -1.10. The number of aliphatic hydroxyl groups excluding tert-OH is 1. The average Bonchev–Trinajstić information content (AvgIpc) is 2.09. The molecule has 1 aromatic carbocycles. The van der Waals surface area contributed by atoms with Crippen molar-refractivity contribution in [3.63, 3.8) is 0 Å². The Morgan fingerprint density at radius 1 is 1.23 bits per heavy atom. The van der Waals surface area contributed by atoms with E-state index in [9.17, 15) is 17.6 Å². The van der Waals surface area contributed by atoms with Crippen molar-refractivity contribution in [2.45, 2.75) is 5.92 Å². The van der Waals surface area contributed by atoms with Crippen LogP contribution >= 0.6 is 0 Å². The van der Waals surface area contributed by atoms with Crippen molar-refractivity contribution in [2.75, 3.05) is 6.61 Å². The third kappa shape index (κ3) is 1.98. The predicted molar refractivity (Wildman–Crippen MR) is 37.3 cm³/mol. The van der Waals surface area contributed by atoms with E-state index in [2.05, 4.69) is 0 Å². The smallest absolute Gasteiger partial charge is 0.298 e. The fourth-order valence-corrected chi connectivity index (χ4v) is 0.863. The van der Waals surface area contributed by atoms with Gasteiger partial charge in [0.05, 0.1) is 5.56 Å². The topological polar surface area (TPSA) is 20.2 Å². The van der Waals surface area contributed by atoms with Crippen LogP contribution in [-0.2, 0) is 5.92 Å². The molecule has 0 saturated carbocycles. The molecular weight excluding hydrogens is 188 g/mol. The zero-order valence-electron chi connectivity index (χ0n) is 6.40. The number of rotatable bonds is 2. The van der Waals surface area contributed by atoms with Crippen molar-refractivity contribution in [2.24, 2.45) is 0 Å². The molecule has 13 heavy (non-hydrogen) atoms. The van der Waals surface area contributed by atoms with Crippen LogP contribution < -0.4 is 0 Å². The van der Waals surface area contributed by atoms with Crippen LogP contribution in [0.4, 0.5) is 17.6 Å². The summed E-state index contributed by atoms with van der Waals surface area (Å²) in [5, 5.41) is 8.22. The molecule has 0 heterocycles. The molecule has 0 saturated heterocycles. The van der Waals surface area contributed by atoms with Gasteiger partial charge in [-0.3, -0.25) is 0 Å². The van der Waals surface area contributed by atoms with Crippen LogP contribution in [0.5, 0.6) is 0 Å². The molecule has 0 aliphatic carbocycles. The van der Waals surface area contributed by atoms with Crippen molar-refractivity contribution < 1.29 is 22.7 Å². The lowest BCUT2D eigenvalue weighted by atomic mass is 10.1. The monoisotopic (exact) mass is 194 g/mol. The summed E-state index contributed by atoms with van der Waals surface area (Å²) < 4.78 is 50.5. The SMILES string of the molecule is OCC(F)(F)c1cc(F)ccc1F. The summed E-state index contributed by atoms with van der Waals surface area (Å²) in [5.74, 6) is -5.95. The van der Waals surface area contributed by atoms with Crippen LogP contribution in [0.25, 0.3) is 0 Å². The van der Waals surface area contributed by atoms with E-state index in [1.165, 1.54) is 0 Å². The predicted octanol–water partition coefficient (Wildman–Crippen LogP) is 2.05. The van der Waals surface area contributed by atoms with Gasteiger partial charge in [0.2, 0.25) is 0 Å². The number of benzene rings is 1. The third-order valence-electron chi connectivity index (χ3n) is 1.52. The molecule has 0 amide bonds. The molecule has 0 fully saturated rings. The summed E-state index contributed by atoms with van der Waals surface area (Å²) in [6, 6.07) is 1.69. The van der Waals surface area contributed by atoms with Crippen LogP contribution in [0, 0.1) is 11.6 Å². The minimum Gasteiger partial charge on any atom is -0.390 e. The molecule has 0 spiro atoms. The number of alkyl halides is 2. The number of halogens is 4. The van der Waals surface area contributed by atoms with Gasteiger partial charge in [0, 0.05) is 0 Å². The highest BCUT2D eigenvalue weighted by molar-refractivity contribution is 5.23. The van der Waals surface area contributed by atoms with E-state index in [0.29, 0.717) is 12.1 Å². The number of hydrogen-bond acceptors (Lipinski definition) is 1. The molecule has 72 valence electrons. The fourth-order valence-electron chi connectivity index (χ4n) is 0.863. The van der Waals surface area contributed by atoms with Gasteiger partial charge in [-0.15, -0.1) is 0 Å². The van der Waals surface area contributed by atoms with Gasteiger partial charge in [-0.25, -0.2) is 8.78 Å². The lowest BCUT2D eigenvalue weighted by Crippen LogP contribution is -2.20.